The van der Waals surface area contributed by atoms with Gasteiger partial charge in [0.05, 0.1) is 0 Å². The number of aryl methyl sites for hydroxylation is 1. The van der Waals surface area contributed by atoms with Crippen molar-refractivity contribution in [2.45, 2.75) is 45.6 Å². The summed E-state index contributed by atoms with van der Waals surface area (Å²) in [5, 5.41) is 3.71. The van der Waals surface area contributed by atoms with E-state index in [1.807, 2.05) is 0 Å². The second kappa shape index (κ2) is 7.66. The van der Waals surface area contributed by atoms with Crippen molar-refractivity contribution in [1.82, 2.24) is 5.32 Å². The number of benzene rings is 1. The van der Waals surface area contributed by atoms with E-state index in [1.165, 1.54) is 30.4 Å². The van der Waals surface area contributed by atoms with Gasteiger partial charge in [0, 0.05) is 19.3 Å². The summed E-state index contributed by atoms with van der Waals surface area (Å²) >= 11 is 0. The Kier molecular flexibility index (Phi) is 5.87. The van der Waals surface area contributed by atoms with E-state index in [0.717, 1.165) is 32.1 Å². The summed E-state index contributed by atoms with van der Waals surface area (Å²) < 4.78 is 5.52. The third kappa shape index (κ3) is 4.32. The normalized spacial score (nSPS) is 20.6. The molecule has 1 aliphatic heterocycles. The lowest BCUT2D eigenvalue weighted by Gasteiger charge is -2.22. The zero-order valence-electron chi connectivity index (χ0n) is 12.3. The van der Waals surface area contributed by atoms with E-state index in [2.05, 4.69) is 43.4 Å². The highest BCUT2D eigenvalue weighted by molar-refractivity contribution is 5.26. The molecule has 2 nitrogen and oxygen atoms in total. The second-order valence-corrected chi connectivity index (χ2v) is 5.57. The summed E-state index contributed by atoms with van der Waals surface area (Å²) in [4.78, 5) is 0. The van der Waals surface area contributed by atoms with E-state index < -0.39 is 0 Å². The summed E-state index contributed by atoms with van der Waals surface area (Å²) in [6.07, 6.45) is 4.72. The van der Waals surface area contributed by atoms with Crippen LogP contribution in [0.3, 0.4) is 0 Å². The Labute approximate surface area is 117 Å². The molecule has 0 aromatic heterocycles. The molecule has 19 heavy (non-hydrogen) atoms. The van der Waals surface area contributed by atoms with E-state index in [1.54, 1.807) is 0 Å². The molecule has 0 saturated carbocycles. The zero-order chi connectivity index (χ0) is 13.5. The second-order valence-electron chi connectivity index (χ2n) is 5.57. The van der Waals surface area contributed by atoms with Crippen molar-refractivity contribution in [2.75, 3.05) is 19.8 Å². The summed E-state index contributed by atoms with van der Waals surface area (Å²) in [5.74, 6) is 0.722. The highest BCUT2D eigenvalue weighted by atomic mass is 16.5. The molecular weight excluding hydrogens is 234 g/mol. The highest BCUT2D eigenvalue weighted by Crippen LogP contribution is 2.27. The van der Waals surface area contributed by atoms with Crippen molar-refractivity contribution in [3.63, 3.8) is 0 Å². The Bertz CT molecular complexity index is 371. The Balaban J connectivity index is 2.05. The maximum absolute atomic E-state index is 5.52. The van der Waals surface area contributed by atoms with Gasteiger partial charge in [-0.3, -0.25) is 0 Å². The Morgan fingerprint density at radius 2 is 2.26 bits per heavy atom. The molecule has 1 saturated heterocycles. The molecule has 0 aliphatic carbocycles. The number of rotatable bonds is 7. The molecule has 1 fully saturated rings. The number of hydrogen-bond donors (Lipinski definition) is 1. The maximum Gasteiger partial charge on any atom is 0.0495 e. The zero-order valence-corrected chi connectivity index (χ0v) is 12.3. The molecule has 1 aromatic carbocycles. The molecule has 1 aliphatic rings. The van der Waals surface area contributed by atoms with Crippen LogP contribution in [0.5, 0.6) is 0 Å². The van der Waals surface area contributed by atoms with Crippen LogP contribution in [0.15, 0.2) is 24.3 Å². The van der Waals surface area contributed by atoms with Crippen molar-refractivity contribution >= 4 is 0 Å². The molecule has 2 unspecified atom stereocenters. The topological polar surface area (TPSA) is 21.3 Å². The minimum atomic E-state index is 0.484. The fourth-order valence-electron chi connectivity index (χ4n) is 2.79. The first-order chi connectivity index (χ1) is 9.33. The number of nitrogens with one attached hydrogen (secondary N) is 1. The summed E-state index contributed by atoms with van der Waals surface area (Å²) in [6, 6.07) is 9.53. The average molecular weight is 261 g/mol. The third-order valence-electron chi connectivity index (χ3n) is 4.00. The van der Waals surface area contributed by atoms with Crippen LogP contribution in [0, 0.1) is 5.92 Å². The van der Waals surface area contributed by atoms with Gasteiger partial charge in [0.1, 0.15) is 0 Å². The van der Waals surface area contributed by atoms with Gasteiger partial charge >= 0.3 is 0 Å². The van der Waals surface area contributed by atoms with Crippen LogP contribution in [0.4, 0.5) is 0 Å². The van der Waals surface area contributed by atoms with Crippen LogP contribution in [0.1, 0.15) is 50.3 Å². The van der Waals surface area contributed by atoms with Gasteiger partial charge in [0.2, 0.25) is 0 Å². The molecule has 1 aromatic rings. The Morgan fingerprint density at radius 3 is 2.95 bits per heavy atom. The Morgan fingerprint density at radius 1 is 1.37 bits per heavy atom. The fourth-order valence-corrected chi connectivity index (χ4v) is 2.79. The van der Waals surface area contributed by atoms with Crippen LogP contribution in [0.25, 0.3) is 0 Å². The minimum Gasteiger partial charge on any atom is -0.381 e. The predicted molar refractivity (Wildman–Crippen MR) is 80.4 cm³/mol. The van der Waals surface area contributed by atoms with E-state index in [9.17, 15) is 0 Å². The standard InChI is InChI=1S/C17H27NO/c1-3-9-18-17(12-15-8-10-19-13-15)16-7-5-6-14(4-2)11-16/h5-7,11,15,17-18H,3-4,8-10,12-13H2,1-2H3. The van der Waals surface area contributed by atoms with Crippen molar-refractivity contribution in [2.24, 2.45) is 5.92 Å². The molecule has 2 heteroatoms. The SMILES string of the molecule is CCCNC(CC1CCOC1)c1cccc(CC)c1. The summed E-state index contributed by atoms with van der Waals surface area (Å²) in [7, 11) is 0. The molecule has 1 N–H and O–H groups in total. The molecule has 106 valence electrons. The third-order valence-corrected chi connectivity index (χ3v) is 4.00. The van der Waals surface area contributed by atoms with Gasteiger partial charge in [-0.05, 0) is 49.3 Å². The van der Waals surface area contributed by atoms with Crippen molar-refractivity contribution in [3.05, 3.63) is 35.4 Å². The lowest BCUT2D eigenvalue weighted by atomic mass is 9.93. The van der Waals surface area contributed by atoms with Gasteiger partial charge < -0.3 is 10.1 Å². The van der Waals surface area contributed by atoms with Crippen LogP contribution in [0.2, 0.25) is 0 Å². The first kappa shape index (κ1) is 14.5. The largest absolute Gasteiger partial charge is 0.381 e. The molecule has 0 radical (unpaired) electrons. The first-order valence-electron chi connectivity index (χ1n) is 7.73. The molecule has 2 rings (SSSR count). The van der Waals surface area contributed by atoms with Gasteiger partial charge in [-0.2, -0.15) is 0 Å². The van der Waals surface area contributed by atoms with Crippen LogP contribution >= 0.6 is 0 Å². The first-order valence-corrected chi connectivity index (χ1v) is 7.73. The lowest BCUT2D eigenvalue weighted by Crippen LogP contribution is -2.24. The van der Waals surface area contributed by atoms with E-state index >= 15 is 0 Å². The summed E-state index contributed by atoms with van der Waals surface area (Å²) in [6.45, 7) is 7.43. The van der Waals surface area contributed by atoms with Crippen molar-refractivity contribution in [1.29, 1.82) is 0 Å². The monoisotopic (exact) mass is 261 g/mol. The van der Waals surface area contributed by atoms with E-state index in [0.29, 0.717) is 6.04 Å². The molecule has 0 amide bonds. The van der Waals surface area contributed by atoms with Crippen LogP contribution in [-0.4, -0.2) is 19.8 Å². The molecule has 2 atom stereocenters. The smallest absolute Gasteiger partial charge is 0.0495 e. The number of ether oxygens (including phenoxy) is 1. The number of hydrogen-bond acceptors (Lipinski definition) is 2. The lowest BCUT2D eigenvalue weighted by molar-refractivity contribution is 0.181. The minimum absolute atomic E-state index is 0.484. The van der Waals surface area contributed by atoms with Crippen molar-refractivity contribution in [3.8, 4) is 0 Å². The summed E-state index contributed by atoms with van der Waals surface area (Å²) in [5.41, 5.74) is 2.88. The van der Waals surface area contributed by atoms with Gasteiger partial charge in [0.15, 0.2) is 0 Å². The fraction of sp³-hybridized carbons (Fsp3) is 0.647. The predicted octanol–water partition coefficient (Wildman–Crippen LogP) is 3.72. The van der Waals surface area contributed by atoms with Crippen LogP contribution in [-0.2, 0) is 11.2 Å². The van der Waals surface area contributed by atoms with Gasteiger partial charge in [0.25, 0.3) is 0 Å². The van der Waals surface area contributed by atoms with Gasteiger partial charge in [-0.25, -0.2) is 0 Å². The van der Waals surface area contributed by atoms with Crippen LogP contribution < -0.4 is 5.32 Å². The molecule has 1 heterocycles. The molecule has 0 bridgehead atoms. The molecule has 0 spiro atoms. The van der Waals surface area contributed by atoms with Gasteiger partial charge in [-0.15, -0.1) is 0 Å². The quantitative estimate of drug-likeness (QED) is 0.808. The van der Waals surface area contributed by atoms with Crippen molar-refractivity contribution < 1.29 is 4.74 Å². The average Bonchev–Trinajstić information content (AvgIpc) is 2.96. The maximum atomic E-state index is 5.52. The highest BCUT2D eigenvalue weighted by Gasteiger charge is 2.21. The Hall–Kier alpha value is -0.860. The van der Waals surface area contributed by atoms with E-state index in [-0.39, 0.29) is 0 Å². The van der Waals surface area contributed by atoms with E-state index in [4.69, 9.17) is 4.74 Å². The van der Waals surface area contributed by atoms with Gasteiger partial charge in [-0.1, -0.05) is 38.1 Å². The molecular formula is C17H27NO.